The maximum atomic E-state index is 6.02. The molecule has 0 aliphatic rings. The van der Waals surface area contributed by atoms with E-state index in [1.807, 2.05) is 31.2 Å². The molecule has 4 nitrogen and oxygen atoms in total. The molecule has 0 spiro atoms. The van der Waals surface area contributed by atoms with E-state index in [1.165, 1.54) is 11.3 Å². The SMILES string of the molecule is Cc1cnc(CNC(c2ccco2)c2ccc(Cl)s2)o1. The van der Waals surface area contributed by atoms with E-state index in [1.54, 1.807) is 12.5 Å². The van der Waals surface area contributed by atoms with Crippen LogP contribution in [0.5, 0.6) is 0 Å². The van der Waals surface area contributed by atoms with Crippen molar-refractivity contribution < 1.29 is 8.83 Å². The van der Waals surface area contributed by atoms with Crippen LogP contribution in [-0.2, 0) is 6.54 Å². The molecule has 0 aliphatic carbocycles. The fourth-order valence-corrected chi connectivity index (χ4v) is 3.10. The molecule has 0 radical (unpaired) electrons. The highest BCUT2D eigenvalue weighted by atomic mass is 35.5. The van der Waals surface area contributed by atoms with E-state index < -0.39 is 0 Å². The molecule has 3 rings (SSSR count). The number of aromatic nitrogens is 1. The van der Waals surface area contributed by atoms with Crippen molar-refractivity contribution in [3.8, 4) is 0 Å². The van der Waals surface area contributed by atoms with Gasteiger partial charge >= 0.3 is 0 Å². The van der Waals surface area contributed by atoms with Crippen molar-refractivity contribution in [3.63, 3.8) is 0 Å². The molecule has 1 unspecified atom stereocenters. The second kappa shape index (κ2) is 5.83. The summed E-state index contributed by atoms with van der Waals surface area (Å²) in [6.07, 6.45) is 3.37. The molecule has 0 amide bonds. The number of thiophene rings is 1. The molecule has 6 heteroatoms. The topological polar surface area (TPSA) is 51.2 Å². The second-order valence-electron chi connectivity index (χ2n) is 4.34. The number of hydrogen-bond acceptors (Lipinski definition) is 5. The fourth-order valence-electron chi connectivity index (χ4n) is 1.95. The number of furan rings is 1. The van der Waals surface area contributed by atoms with Crippen LogP contribution in [0, 0.1) is 6.92 Å². The standard InChI is InChI=1S/C14H13ClN2O2S/c1-9-7-16-13(19-9)8-17-14(10-3-2-6-18-10)11-4-5-12(15)20-11/h2-7,14,17H,8H2,1H3. The van der Waals surface area contributed by atoms with E-state index in [0.717, 1.165) is 20.7 Å². The fraction of sp³-hybridized carbons (Fsp3) is 0.214. The summed E-state index contributed by atoms with van der Waals surface area (Å²) >= 11 is 7.54. The Hall–Kier alpha value is -1.56. The molecule has 0 aromatic carbocycles. The average Bonchev–Trinajstić information content (AvgIpc) is 3.13. The maximum Gasteiger partial charge on any atom is 0.208 e. The molecule has 3 heterocycles. The predicted molar refractivity (Wildman–Crippen MR) is 78.0 cm³/mol. The molecule has 0 saturated carbocycles. The van der Waals surface area contributed by atoms with Crippen LogP contribution in [-0.4, -0.2) is 4.98 Å². The van der Waals surface area contributed by atoms with Crippen molar-refractivity contribution in [1.29, 1.82) is 0 Å². The summed E-state index contributed by atoms with van der Waals surface area (Å²) in [4.78, 5) is 5.28. The number of nitrogens with zero attached hydrogens (tertiary/aromatic N) is 1. The lowest BCUT2D eigenvalue weighted by Crippen LogP contribution is -2.20. The highest BCUT2D eigenvalue weighted by molar-refractivity contribution is 7.16. The lowest BCUT2D eigenvalue weighted by molar-refractivity contribution is 0.409. The van der Waals surface area contributed by atoms with Crippen molar-refractivity contribution >= 4 is 22.9 Å². The first-order valence-corrected chi connectivity index (χ1v) is 7.35. The first-order valence-electron chi connectivity index (χ1n) is 6.15. The summed E-state index contributed by atoms with van der Waals surface area (Å²) in [5.41, 5.74) is 0. The molecule has 1 atom stereocenters. The van der Waals surface area contributed by atoms with Gasteiger partial charge in [0.15, 0.2) is 0 Å². The van der Waals surface area contributed by atoms with E-state index in [2.05, 4.69) is 10.3 Å². The number of aryl methyl sites for hydroxylation is 1. The predicted octanol–water partition coefficient (Wildman–Crippen LogP) is 4.17. The Morgan fingerprint density at radius 2 is 2.30 bits per heavy atom. The Bertz CT molecular complexity index is 675. The van der Waals surface area contributed by atoms with Crippen LogP contribution in [0.4, 0.5) is 0 Å². The minimum absolute atomic E-state index is 0.0605. The van der Waals surface area contributed by atoms with E-state index in [4.69, 9.17) is 20.4 Å². The average molecular weight is 309 g/mol. The minimum Gasteiger partial charge on any atom is -0.467 e. The van der Waals surface area contributed by atoms with Crippen LogP contribution in [0.3, 0.4) is 0 Å². The first-order chi connectivity index (χ1) is 9.72. The van der Waals surface area contributed by atoms with Gasteiger partial charge in [0, 0.05) is 4.88 Å². The highest BCUT2D eigenvalue weighted by Gasteiger charge is 2.19. The van der Waals surface area contributed by atoms with Gasteiger partial charge < -0.3 is 8.83 Å². The van der Waals surface area contributed by atoms with Crippen LogP contribution in [0.2, 0.25) is 4.34 Å². The van der Waals surface area contributed by atoms with Gasteiger partial charge in [-0.1, -0.05) is 11.6 Å². The van der Waals surface area contributed by atoms with Crippen LogP contribution in [0.1, 0.15) is 28.3 Å². The third-order valence-electron chi connectivity index (χ3n) is 2.83. The van der Waals surface area contributed by atoms with E-state index >= 15 is 0 Å². The Balaban J connectivity index is 1.79. The number of hydrogen-bond donors (Lipinski definition) is 1. The van der Waals surface area contributed by atoms with Gasteiger partial charge in [-0.05, 0) is 31.2 Å². The first kappa shape index (κ1) is 13.4. The molecular formula is C14H13ClN2O2S. The molecule has 0 aliphatic heterocycles. The van der Waals surface area contributed by atoms with Crippen LogP contribution < -0.4 is 5.32 Å². The van der Waals surface area contributed by atoms with E-state index in [0.29, 0.717) is 12.4 Å². The normalized spacial score (nSPS) is 12.7. The van der Waals surface area contributed by atoms with Gasteiger partial charge in [0.2, 0.25) is 5.89 Å². The van der Waals surface area contributed by atoms with Crippen LogP contribution in [0.25, 0.3) is 0 Å². The van der Waals surface area contributed by atoms with E-state index in [-0.39, 0.29) is 6.04 Å². The smallest absolute Gasteiger partial charge is 0.208 e. The lowest BCUT2D eigenvalue weighted by atomic mass is 10.2. The summed E-state index contributed by atoms with van der Waals surface area (Å²) in [6, 6.07) is 7.62. The van der Waals surface area contributed by atoms with Crippen molar-refractivity contribution in [2.45, 2.75) is 19.5 Å². The maximum absolute atomic E-state index is 6.02. The molecule has 104 valence electrons. The lowest BCUT2D eigenvalue weighted by Gasteiger charge is -2.13. The number of nitrogens with one attached hydrogen (secondary N) is 1. The van der Waals surface area contributed by atoms with Crippen molar-refractivity contribution in [2.24, 2.45) is 0 Å². The van der Waals surface area contributed by atoms with Crippen LogP contribution in [0.15, 0.2) is 45.6 Å². The monoisotopic (exact) mass is 308 g/mol. The summed E-state index contributed by atoms with van der Waals surface area (Å²) in [7, 11) is 0. The van der Waals surface area contributed by atoms with Crippen molar-refractivity contribution in [2.75, 3.05) is 0 Å². The molecule has 1 N–H and O–H groups in total. The van der Waals surface area contributed by atoms with Gasteiger partial charge in [0.25, 0.3) is 0 Å². The Kier molecular flexibility index (Phi) is 3.91. The largest absolute Gasteiger partial charge is 0.467 e. The Labute approximate surface area is 125 Å². The summed E-state index contributed by atoms with van der Waals surface area (Å²) in [6.45, 7) is 2.40. The second-order valence-corrected chi connectivity index (χ2v) is 6.08. The number of halogens is 1. The Morgan fingerprint density at radius 3 is 2.90 bits per heavy atom. The van der Waals surface area contributed by atoms with Gasteiger partial charge in [-0.15, -0.1) is 11.3 Å². The van der Waals surface area contributed by atoms with Gasteiger partial charge in [-0.2, -0.15) is 0 Å². The third-order valence-corrected chi connectivity index (χ3v) is 4.13. The summed E-state index contributed by atoms with van der Waals surface area (Å²) in [5.74, 6) is 2.30. The van der Waals surface area contributed by atoms with Crippen molar-refractivity contribution in [1.82, 2.24) is 10.3 Å². The van der Waals surface area contributed by atoms with Gasteiger partial charge in [-0.25, -0.2) is 4.98 Å². The molecular weight excluding hydrogens is 296 g/mol. The van der Waals surface area contributed by atoms with Crippen LogP contribution >= 0.6 is 22.9 Å². The van der Waals surface area contributed by atoms with Gasteiger partial charge in [0.05, 0.1) is 23.3 Å². The molecule has 3 aromatic rings. The highest BCUT2D eigenvalue weighted by Crippen LogP contribution is 2.31. The zero-order chi connectivity index (χ0) is 13.9. The zero-order valence-electron chi connectivity index (χ0n) is 10.8. The van der Waals surface area contributed by atoms with Gasteiger partial charge in [0.1, 0.15) is 17.6 Å². The molecule has 3 aromatic heterocycles. The summed E-state index contributed by atoms with van der Waals surface area (Å²) < 4.78 is 11.7. The summed E-state index contributed by atoms with van der Waals surface area (Å²) in [5, 5.41) is 3.38. The molecule has 20 heavy (non-hydrogen) atoms. The Morgan fingerprint density at radius 1 is 1.40 bits per heavy atom. The van der Waals surface area contributed by atoms with E-state index in [9.17, 15) is 0 Å². The molecule has 0 fully saturated rings. The third kappa shape index (κ3) is 2.95. The number of oxazole rings is 1. The minimum atomic E-state index is -0.0605. The quantitative estimate of drug-likeness (QED) is 0.768. The molecule has 0 bridgehead atoms. The zero-order valence-corrected chi connectivity index (χ0v) is 12.4. The number of rotatable bonds is 5. The van der Waals surface area contributed by atoms with Crippen molar-refractivity contribution in [3.05, 3.63) is 63.4 Å². The van der Waals surface area contributed by atoms with Gasteiger partial charge in [-0.3, -0.25) is 5.32 Å². The molecule has 0 saturated heterocycles.